The maximum absolute atomic E-state index is 12.1. The Morgan fingerprint density at radius 1 is 1.30 bits per heavy atom. The van der Waals surface area contributed by atoms with Crippen LogP contribution in [0.1, 0.15) is 22.7 Å². The van der Waals surface area contributed by atoms with Crippen molar-refractivity contribution < 1.29 is 9.90 Å². The van der Waals surface area contributed by atoms with Crippen LogP contribution in [0, 0.1) is 11.3 Å². The molecule has 0 radical (unpaired) electrons. The predicted octanol–water partition coefficient (Wildman–Crippen LogP) is 2.99. The molecule has 0 unspecified atom stereocenters. The van der Waals surface area contributed by atoms with E-state index in [9.17, 15) is 9.90 Å². The van der Waals surface area contributed by atoms with Gasteiger partial charge in [-0.3, -0.25) is 0 Å². The number of hydrogen-bond donors (Lipinski definition) is 3. The van der Waals surface area contributed by atoms with E-state index in [0.29, 0.717) is 17.7 Å². The number of amides is 2. The van der Waals surface area contributed by atoms with Crippen molar-refractivity contribution in [3.63, 3.8) is 0 Å². The lowest BCUT2D eigenvalue weighted by Crippen LogP contribution is -2.36. The molecule has 0 aliphatic heterocycles. The van der Waals surface area contributed by atoms with E-state index in [2.05, 4.69) is 10.6 Å². The van der Waals surface area contributed by atoms with Crippen molar-refractivity contribution >= 4 is 23.3 Å². The number of hydrogen-bond acceptors (Lipinski definition) is 3. The number of urea groups is 1. The van der Waals surface area contributed by atoms with Crippen molar-refractivity contribution in [1.29, 1.82) is 5.26 Å². The Balaban J connectivity index is 1.71. The number of halogens is 1. The van der Waals surface area contributed by atoms with Gasteiger partial charge in [0.1, 0.15) is 6.07 Å². The lowest BCUT2D eigenvalue weighted by Gasteiger charge is -2.18. The van der Waals surface area contributed by atoms with Crippen molar-refractivity contribution in [2.45, 2.75) is 18.6 Å². The fraction of sp³-hybridized carbons (Fsp3) is 0.176. The van der Waals surface area contributed by atoms with Gasteiger partial charge in [0, 0.05) is 12.1 Å². The summed E-state index contributed by atoms with van der Waals surface area (Å²) in [5, 5.41) is 24.7. The number of rotatable bonds is 2. The van der Waals surface area contributed by atoms with Crippen molar-refractivity contribution in [3.05, 3.63) is 64.2 Å². The summed E-state index contributed by atoms with van der Waals surface area (Å²) in [5.74, 6) is 0. The second-order valence-electron chi connectivity index (χ2n) is 5.35. The molecule has 23 heavy (non-hydrogen) atoms. The standard InChI is InChI=1S/C17H14ClN3O2/c18-14-8-12(6-5-11(14)9-19)20-17(23)21-16-13-4-2-1-3-10(13)7-15(16)22/h1-6,8,15-16,22H,7H2,(H2,20,21,23)/t15-,16+/m0/s1. The minimum absolute atomic E-state index is 0.275. The first-order chi connectivity index (χ1) is 11.1. The molecular weight excluding hydrogens is 314 g/mol. The largest absolute Gasteiger partial charge is 0.390 e. The van der Waals surface area contributed by atoms with Gasteiger partial charge in [0.05, 0.1) is 22.7 Å². The zero-order valence-electron chi connectivity index (χ0n) is 12.1. The highest BCUT2D eigenvalue weighted by Crippen LogP contribution is 2.31. The number of fused-ring (bicyclic) bond motifs is 1. The molecule has 0 spiro atoms. The van der Waals surface area contributed by atoms with Crippen molar-refractivity contribution in [1.82, 2.24) is 5.32 Å². The van der Waals surface area contributed by atoms with Gasteiger partial charge < -0.3 is 15.7 Å². The molecule has 5 nitrogen and oxygen atoms in total. The van der Waals surface area contributed by atoms with Gasteiger partial charge in [0.2, 0.25) is 0 Å². The van der Waals surface area contributed by atoms with Crippen molar-refractivity contribution in [3.8, 4) is 6.07 Å². The molecule has 3 rings (SSSR count). The number of carbonyl (C=O) groups is 1. The molecule has 1 aliphatic rings. The smallest absolute Gasteiger partial charge is 0.319 e. The highest BCUT2D eigenvalue weighted by Gasteiger charge is 2.31. The molecule has 2 amide bonds. The molecular formula is C17H14ClN3O2. The molecule has 6 heteroatoms. The van der Waals surface area contributed by atoms with E-state index in [4.69, 9.17) is 16.9 Å². The van der Waals surface area contributed by atoms with Crippen LogP contribution in [-0.4, -0.2) is 17.2 Å². The summed E-state index contributed by atoms with van der Waals surface area (Å²) in [6.45, 7) is 0. The lowest BCUT2D eigenvalue weighted by atomic mass is 10.1. The number of aliphatic hydroxyl groups excluding tert-OH is 1. The molecule has 116 valence electrons. The highest BCUT2D eigenvalue weighted by atomic mass is 35.5. The first-order valence-electron chi connectivity index (χ1n) is 7.11. The summed E-state index contributed by atoms with van der Waals surface area (Å²) in [4.78, 5) is 12.1. The van der Waals surface area contributed by atoms with Crippen LogP contribution in [-0.2, 0) is 6.42 Å². The minimum Gasteiger partial charge on any atom is -0.390 e. The average molecular weight is 328 g/mol. The van der Waals surface area contributed by atoms with Crippen molar-refractivity contribution in [2.75, 3.05) is 5.32 Å². The molecule has 0 aromatic heterocycles. The molecule has 1 aliphatic carbocycles. The summed E-state index contributed by atoms with van der Waals surface area (Å²) in [5.41, 5.74) is 2.78. The third-order valence-electron chi connectivity index (χ3n) is 3.84. The number of aliphatic hydroxyl groups is 1. The Morgan fingerprint density at radius 3 is 2.83 bits per heavy atom. The SMILES string of the molecule is N#Cc1ccc(NC(=O)N[C@@H]2c3ccccc3C[C@@H]2O)cc1Cl. The summed E-state index contributed by atoms with van der Waals surface area (Å²) in [7, 11) is 0. The Hall–Kier alpha value is -2.55. The van der Waals surface area contributed by atoms with Crippen LogP contribution in [0.3, 0.4) is 0 Å². The molecule has 2 atom stereocenters. The average Bonchev–Trinajstić information content (AvgIpc) is 2.83. The van der Waals surface area contributed by atoms with Crippen LogP contribution in [0.25, 0.3) is 0 Å². The van der Waals surface area contributed by atoms with E-state index < -0.39 is 18.2 Å². The van der Waals surface area contributed by atoms with E-state index in [1.165, 1.54) is 12.1 Å². The van der Waals surface area contributed by atoms with E-state index in [1.54, 1.807) is 6.07 Å². The lowest BCUT2D eigenvalue weighted by molar-refractivity contribution is 0.144. The summed E-state index contributed by atoms with van der Waals surface area (Å²) < 4.78 is 0. The maximum atomic E-state index is 12.1. The number of nitrogens with zero attached hydrogens (tertiary/aromatic N) is 1. The minimum atomic E-state index is -0.650. The molecule has 3 N–H and O–H groups in total. The van der Waals surface area contributed by atoms with Gasteiger partial charge in [-0.1, -0.05) is 35.9 Å². The molecule has 2 aromatic carbocycles. The number of anilines is 1. The predicted molar refractivity (Wildman–Crippen MR) is 87.2 cm³/mol. The maximum Gasteiger partial charge on any atom is 0.319 e. The van der Waals surface area contributed by atoms with E-state index in [-0.39, 0.29) is 5.02 Å². The number of nitrogens with one attached hydrogen (secondary N) is 2. The molecule has 2 aromatic rings. The highest BCUT2D eigenvalue weighted by molar-refractivity contribution is 6.32. The normalized spacial score (nSPS) is 18.8. The molecule has 0 bridgehead atoms. The second kappa shape index (κ2) is 6.29. The first kappa shape index (κ1) is 15.3. The molecule has 0 heterocycles. The van der Waals surface area contributed by atoms with Gasteiger partial charge in [0.25, 0.3) is 0 Å². The summed E-state index contributed by atoms with van der Waals surface area (Å²) in [6.07, 6.45) is -0.133. The van der Waals surface area contributed by atoms with Crippen LogP contribution in [0.4, 0.5) is 10.5 Å². The van der Waals surface area contributed by atoms with Crippen LogP contribution in [0.2, 0.25) is 5.02 Å². The Labute approximate surface area is 138 Å². The van der Waals surface area contributed by atoms with Crippen molar-refractivity contribution in [2.24, 2.45) is 0 Å². The molecule has 0 saturated carbocycles. The second-order valence-corrected chi connectivity index (χ2v) is 5.76. The van der Waals surface area contributed by atoms with Gasteiger partial charge in [-0.25, -0.2) is 4.79 Å². The summed E-state index contributed by atoms with van der Waals surface area (Å²) in [6, 6.07) is 13.4. The Kier molecular flexibility index (Phi) is 4.20. The van der Waals surface area contributed by atoms with Gasteiger partial charge in [-0.05, 0) is 29.3 Å². The number of carbonyl (C=O) groups excluding carboxylic acids is 1. The van der Waals surface area contributed by atoms with Crippen LogP contribution in [0.15, 0.2) is 42.5 Å². The van der Waals surface area contributed by atoms with Crippen LogP contribution in [0.5, 0.6) is 0 Å². The zero-order valence-corrected chi connectivity index (χ0v) is 12.8. The van der Waals surface area contributed by atoms with E-state index >= 15 is 0 Å². The van der Waals surface area contributed by atoms with Gasteiger partial charge in [0.15, 0.2) is 0 Å². The first-order valence-corrected chi connectivity index (χ1v) is 7.49. The monoisotopic (exact) mass is 327 g/mol. The quantitative estimate of drug-likeness (QED) is 0.792. The number of benzene rings is 2. The zero-order chi connectivity index (χ0) is 16.4. The van der Waals surface area contributed by atoms with Gasteiger partial charge in [-0.15, -0.1) is 0 Å². The fourth-order valence-corrected chi connectivity index (χ4v) is 2.96. The Bertz CT molecular complexity index is 801. The van der Waals surface area contributed by atoms with Gasteiger partial charge in [-0.2, -0.15) is 5.26 Å². The molecule has 0 saturated heterocycles. The van der Waals surface area contributed by atoms with E-state index in [1.807, 2.05) is 30.3 Å². The van der Waals surface area contributed by atoms with E-state index in [0.717, 1.165) is 11.1 Å². The van der Waals surface area contributed by atoms with Gasteiger partial charge >= 0.3 is 6.03 Å². The van der Waals surface area contributed by atoms with Crippen LogP contribution < -0.4 is 10.6 Å². The molecule has 0 fully saturated rings. The Morgan fingerprint density at radius 2 is 2.09 bits per heavy atom. The fourth-order valence-electron chi connectivity index (χ4n) is 2.74. The topological polar surface area (TPSA) is 85.2 Å². The summed E-state index contributed by atoms with van der Waals surface area (Å²) >= 11 is 5.94. The van der Waals surface area contributed by atoms with Crippen LogP contribution >= 0.6 is 11.6 Å². The third kappa shape index (κ3) is 3.14. The third-order valence-corrected chi connectivity index (χ3v) is 4.15. The number of nitriles is 1.